The van der Waals surface area contributed by atoms with Crippen LogP contribution in [0.5, 0.6) is 0 Å². The third kappa shape index (κ3) is 2.35. The van der Waals surface area contributed by atoms with E-state index in [-0.39, 0.29) is 11.8 Å². The number of allylic oxidation sites excluding steroid dienone is 1. The molecule has 5 atom stereocenters. The first-order valence-corrected chi connectivity index (χ1v) is 10.5. The van der Waals surface area contributed by atoms with Crippen LogP contribution in [0.4, 0.5) is 0 Å². The third-order valence-corrected chi connectivity index (χ3v) is 8.27. The summed E-state index contributed by atoms with van der Waals surface area (Å²) in [6.07, 6.45) is 8.59. The molecule has 1 unspecified atom stereocenters. The van der Waals surface area contributed by atoms with Crippen molar-refractivity contribution in [2.24, 2.45) is 11.3 Å². The largest absolute Gasteiger partial charge is 0.387 e. The zero-order chi connectivity index (χ0) is 19.0. The van der Waals surface area contributed by atoms with Gasteiger partial charge in [0.1, 0.15) is 17.5 Å². The van der Waals surface area contributed by atoms with Crippen molar-refractivity contribution < 1.29 is 19.7 Å². The summed E-state index contributed by atoms with van der Waals surface area (Å²) in [5.41, 5.74) is -0.403. The molecule has 5 heteroatoms. The highest BCUT2D eigenvalue weighted by atomic mass is 16.5. The van der Waals surface area contributed by atoms with Gasteiger partial charge in [0.25, 0.3) is 0 Å². The van der Waals surface area contributed by atoms with Crippen LogP contribution in [-0.4, -0.2) is 64.4 Å². The van der Waals surface area contributed by atoms with Crippen molar-refractivity contribution >= 4 is 5.78 Å². The van der Waals surface area contributed by atoms with Crippen molar-refractivity contribution in [1.29, 1.82) is 0 Å². The number of aliphatic hydroxyl groups excluding tert-OH is 1. The van der Waals surface area contributed by atoms with Gasteiger partial charge in [0.2, 0.25) is 0 Å². The maximum absolute atomic E-state index is 12.6. The SMILES string of the molecule is CO[C@]1(C)C=CC2=C(C1O)[C@]13CCN(CC4CC4)[C@H](C2)[C@]1(O)CCC(=O)C3. The lowest BCUT2D eigenvalue weighted by atomic mass is 9.47. The van der Waals surface area contributed by atoms with E-state index in [1.165, 1.54) is 12.8 Å². The molecule has 0 radical (unpaired) electrons. The first-order chi connectivity index (χ1) is 12.8. The van der Waals surface area contributed by atoms with Crippen LogP contribution in [0.25, 0.3) is 0 Å². The Kier molecular flexibility index (Phi) is 3.85. The van der Waals surface area contributed by atoms with E-state index in [9.17, 15) is 15.0 Å². The number of aliphatic hydroxyl groups is 2. The van der Waals surface area contributed by atoms with Crippen LogP contribution in [-0.2, 0) is 9.53 Å². The Labute approximate surface area is 161 Å². The van der Waals surface area contributed by atoms with Gasteiger partial charge >= 0.3 is 0 Å². The van der Waals surface area contributed by atoms with Crippen LogP contribution in [0.15, 0.2) is 23.3 Å². The molecule has 0 aromatic rings. The van der Waals surface area contributed by atoms with Crippen LogP contribution in [0.3, 0.4) is 0 Å². The van der Waals surface area contributed by atoms with Gasteiger partial charge in [-0.1, -0.05) is 6.08 Å². The van der Waals surface area contributed by atoms with E-state index in [1.54, 1.807) is 7.11 Å². The number of hydrogen-bond donors (Lipinski definition) is 2. The summed E-state index contributed by atoms with van der Waals surface area (Å²) < 4.78 is 5.65. The summed E-state index contributed by atoms with van der Waals surface area (Å²) in [5.74, 6) is 0.981. The molecular weight excluding hydrogens is 342 g/mol. The second kappa shape index (κ2) is 5.76. The summed E-state index contributed by atoms with van der Waals surface area (Å²) in [4.78, 5) is 15.0. The van der Waals surface area contributed by atoms with E-state index < -0.39 is 22.7 Å². The maximum atomic E-state index is 12.6. The lowest BCUT2D eigenvalue weighted by Crippen LogP contribution is -2.73. The molecule has 27 heavy (non-hydrogen) atoms. The van der Waals surface area contributed by atoms with Gasteiger partial charge in [-0.2, -0.15) is 0 Å². The number of ether oxygens (including phenoxy) is 1. The van der Waals surface area contributed by atoms with Crippen LogP contribution < -0.4 is 0 Å². The fraction of sp³-hybridized carbons (Fsp3) is 0.773. The Balaban J connectivity index is 1.64. The van der Waals surface area contributed by atoms with Crippen LogP contribution in [0.1, 0.15) is 51.9 Å². The average Bonchev–Trinajstić information content (AvgIpc) is 3.45. The second-order valence-electron chi connectivity index (χ2n) is 9.69. The predicted octanol–water partition coefficient (Wildman–Crippen LogP) is 1.98. The number of rotatable bonds is 3. The van der Waals surface area contributed by atoms with Crippen LogP contribution in [0, 0.1) is 11.3 Å². The summed E-state index contributed by atoms with van der Waals surface area (Å²) in [7, 11) is 1.61. The summed E-state index contributed by atoms with van der Waals surface area (Å²) >= 11 is 0. The highest BCUT2D eigenvalue weighted by molar-refractivity contribution is 5.82. The van der Waals surface area contributed by atoms with E-state index in [1.807, 2.05) is 13.0 Å². The highest BCUT2D eigenvalue weighted by Crippen LogP contribution is 2.63. The number of methoxy groups -OCH3 is 1. The summed E-state index contributed by atoms with van der Waals surface area (Å²) in [5, 5.41) is 23.4. The van der Waals surface area contributed by atoms with Crippen molar-refractivity contribution in [2.45, 2.75) is 75.2 Å². The molecule has 148 valence electrons. The molecular formula is C22H31NO4. The average molecular weight is 373 g/mol. The Morgan fingerprint density at radius 1 is 1.33 bits per heavy atom. The lowest BCUT2D eigenvalue weighted by molar-refractivity contribution is -0.197. The molecule has 2 N–H and O–H groups in total. The molecule has 0 aromatic heterocycles. The summed E-state index contributed by atoms with van der Waals surface area (Å²) in [6, 6.07) is 0.0439. The number of Topliss-reactive ketones (excluding diaryl/α,β-unsaturated/α-hetero) is 1. The number of nitrogens with zero attached hydrogens (tertiary/aromatic N) is 1. The number of ketones is 1. The Hall–Kier alpha value is -1.01. The quantitative estimate of drug-likeness (QED) is 0.792. The molecule has 0 spiro atoms. The number of carbonyl (C=O) groups excluding carboxylic acids is 1. The molecule has 5 rings (SSSR count). The van der Waals surface area contributed by atoms with E-state index in [4.69, 9.17) is 4.74 Å². The molecule has 2 bridgehead atoms. The topological polar surface area (TPSA) is 70.0 Å². The first kappa shape index (κ1) is 18.0. The van der Waals surface area contributed by atoms with Gasteiger partial charge in [0.15, 0.2) is 0 Å². The van der Waals surface area contributed by atoms with Crippen molar-refractivity contribution in [3.63, 3.8) is 0 Å². The molecule has 1 saturated heterocycles. The van der Waals surface area contributed by atoms with E-state index in [2.05, 4.69) is 11.0 Å². The fourth-order valence-corrected chi connectivity index (χ4v) is 6.39. The van der Waals surface area contributed by atoms with Crippen molar-refractivity contribution in [2.75, 3.05) is 20.2 Å². The van der Waals surface area contributed by atoms with Crippen LogP contribution >= 0.6 is 0 Å². The number of likely N-dealkylation sites (tertiary alicyclic amines) is 1. The minimum absolute atomic E-state index is 0.0439. The minimum Gasteiger partial charge on any atom is -0.387 e. The molecule has 0 amide bonds. The zero-order valence-electron chi connectivity index (χ0n) is 16.4. The second-order valence-corrected chi connectivity index (χ2v) is 9.69. The molecule has 2 saturated carbocycles. The number of carbonyl (C=O) groups is 1. The molecule has 5 aliphatic rings. The highest BCUT2D eigenvalue weighted by Gasteiger charge is 2.67. The Bertz CT molecular complexity index is 741. The van der Waals surface area contributed by atoms with Gasteiger partial charge in [0.05, 0.1) is 5.60 Å². The van der Waals surface area contributed by atoms with Crippen LogP contribution in [0.2, 0.25) is 0 Å². The normalized spacial score (nSPS) is 47.0. The Morgan fingerprint density at radius 2 is 2.11 bits per heavy atom. The van der Waals surface area contributed by atoms with Gasteiger partial charge in [-0.3, -0.25) is 9.69 Å². The monoisotopic (exact) mass is 373 g/mol. The predicted molar refractivity (Wildman–Crippen MR) is 101 cm³/mol. The molecule has 3 fully saturated rings. The van der Waals surface area contributed by atoms with E-state index in [0.717, 1.165) is 43.0 Å². The maximum Gasteiger partial charge on any atom is 0.134 e. The van der Waals surface area contributed by atoms with E-state index >= 15 is 0 Å². The molecule has 5 nitrogen and oxygen atoms in total. The zero-order valence-corrected chi connectivity index (χ0v) is 16.4. The minimum atomic E-state index is -0.937. The summed E-state index contributed by atoms with van der Waals surface area (Å²) in [6.45, 7) is 3.84. The first-order valence-electron chi connectivity index (χ1n) is 10.5. The van der Waals surface area contributed by atoms with Gasteiger partial charge in [0, 0.05) is 38.0 Å². The molecule has 4 aliphatic carbocycles. The van der Waals surface area contributed by atoms with E-state index in [0.29, 0.717) is 19.3 Å². The third-order valence-electron chi connectivity index (χ3n) is 8.27. The Morgan fingerprint density at radius 3 is 2.81 bits per heavy atom. The smallest absolute Gasteiger partial charge is 0.134 e. The van der Waals surface area contributed by atoms with Gasteiger partial charge in [-0.05, 0) is 68.7 Å². The number of piperidine rings is 1. The standard InChI is InChI=1S/C22H31NO4/c1-20(27-2)7-5-15-11-17-22(26)8-6-16(24)12-21(22,18(15)19(20)25)9-10-23(17)13-14-3-4-14/h5,7,14,17,19,25-26H,3-4,6,8-13H2,1-2H3/t17-,19?,20-,21-,22-/m1/s1. The van der Waals surface area contributed by atoms with Gasteiger partial charge in [-0.15, -0.1) is 0 Å². The van der Waals surface area contributed by atoms with Crippen molar-refractivity contribution in [1.82, 2.24) is 4.90 Å². The van der Waals surface area contributed by atoms with Gasteiger partial charge < -0.3 is 14.9 Å². The van der Waals surface area contributed by atoms with Crippen molar-refractivity contribution in [3.05, 3.63) is 23.3 Å². The fourth-order valence-electron chi connectivity index (χ4n) is 6.39. The lowest BCUT2D eigenvalue weighted by Gasteiger charge is -2.65. The molecule has 1 aliphatic heterocycles. The molecule has 1 heterocycles. The van der Waals surface area contributed by atoms with Gasteiger partial charge in [-0.25, -0.2) is 0 Å². The number of hydrogen-bond acceptors (Lipinski definition) is 5. The van der Waals surface area contributed by atoms with Crippen molar-refractivity contribution in [3.8, 4) is 0 Å². The molecule has 0 aromatic carbocycles.